The van der Waals surface area contributed by atoms with Crippen LogP contribution in [0.3, 0.4) is 0 Å². The van der Waals surface area contributed by atoms with Crippen LogP contribution in [0.4, 0.5) is 5.69 Å². The molecule has 0 aliphatic carbocycles. The molecule has 0 radical (unpaired) electrons. The molecule has 0 bridgehead atoms. The molecule has 3 rings (SSSR count). The van der Waals surface area contributed by atoms with Gasteiger partial charge in [0.2, 0.25) is 0 Å². The number of aromatic hydroxyl groups is 1. The number of amides is 1. The van der Waals surface area contributed by atoms with E-state index in [0.29, 0.717) is 11.3 Å². The van der Waals surface area contributed by atoms with Crippen LogP contribution in [-0.2, 0) is 9.59 Å². The minimum atomic E-state index is -0.715. The number of Topliss-reactive ketones (excluding diaryl/α,β-unsaturated/α-hetero) is 1. The molecule has 0 spiro atoms. The topological polar surface area (TPSA) is 77.8 Å². The van der Waals surface area contributed by atoms with Gasteiger partial charge >= 0.3 is 0 Å². The molecule has 24 heavy (non-hydrogen) atoms. The maximum absolute atomic E-state index is 12.6. The van der Waals surface area contributed by atoms with Gasteiger partial charge in [-0.2, -0.15) is 0 Å². The Kier molecular flexibility index (Phi) is 4.15. The minimum absolute atomic E-state index is 0.0644. The molecule has 0 aromatic heterocycles. The predicted octanol–water partition coefficient (Wildman–Crippen LogP) is 3.64. The van der Waals surface area contributed by atoms with Gasteiger partial charge in [-0.15, -0.1) is 0 Å². The average molecular weight is 388 g/mol. The van der Waals surface area contributed by atoms with Gasteiger partial charge in [0.1, 0.15) is 5.75 Å². The van der Waals surface area contributed by atoms with Gasteiger partial charge in [-0.25, -0.2) is 0 Å². The van der Waals surface area contributed by atoms with Crippen molar-refractivity contribution in [1.82, 2.24) is 0 Å². The molecule has 2 aromatic carbocycles. The molecule has 1 aliphatic rings. The van der Waals surface area contributed by atoms with E-state index >= 15 is 0 Å². The highest BCUT2D eigenvalue weighted by atomic mass is 79.9. The second kappa shape index (κ2) is 6.13. The van der Waals surface area contributed by atoms with Crippen molar-refractivity contribution in [2.45, 2.75) is 13.0 Å². The Morgan fingerprint density at radius 3 is 2.17 bits per heavy atom. The Morgan fingerprint density at radius 2 is 1.62 bits per heavy atom. The average Bonchev–Trinajstić information content (AvgIpc) is 2.81. The third-order valence-electron chi connectivity index (χ3n) is 3.90. The standard InChI is InChI=1S/C18H14BrNO4/c1-10(21)15-16(11-2-4-12(19)5-3-11)20(18(24)17(15)23)13-6-8-14(22)9-7-13/h2-9,16,22-23H,1H3. The number of ketones is 1. The molecule has 1 heterocycles. The number of carbonyl (C=O) groups is 2. The van der Waals surface area contributed by atoms with Crippen LogP contribution in [0.2, 0.25) is 0 Å². The van der Waals surface area contributed by atoms with Crippen LogP contribution in [-0.4, -0.2) is 21.9 Å². The van der Waals surface area contributed by atoms with Crippen molar-refractivity contribution in [2.24, 2.45) is 0 Å². The molecule has 5 nitrogen and oxygen atoms in total. The van der Waals surface area contributed by atoms with Crippen molar-refractivity contribution in [3.05, 3.63) is 69.9 Å². The first-order chi connectivity index (χ1) is 11.4. The van der Waals surface area contributed by atoms with Crippen LogP contribution in [0.1, 0.15) is 18.5 Å². The molecule has 0 saturated carbocycles. The lowest BCUT2D eigenvalue weighted by Crippen LogP contribution is -2.30. The van der Waals surface area contributed by atoms with Gasteiger partial charge in [0, 0.05) is 10.2 Å². The van der Waals surface area contributed by atoms with E-state index in [0.717, 1.165) is 4.47 Å². The Balaban J connectivity index is 2.16. The molecule has 1 unspecified atom stereocenters. The summed E-state index contributed by atoms with van der Waals surface area (Å²) in [5.74, 6) is -1.48. The predicted molar refractivity (Wildman–Crippen MR) is 92.8 cm³/mol. The maximum Gasteiger partial charge on any atom is 0.294 e. The highest BCUT2D eigenvalue weighted by Gasteiger charge is 2.43. The number of nitrogens with zero attached hydrogens (tertiary/aromatic N) is 1. The van der Waals surface area contributed by atoms with E-state index in [1.165, 1.54) is 24.0 Å². The highest BCUT2D eigenvalue weighted by Crippen LogP contribution is 2.41. The number of carbonyl (C=O) groups excluding carboxylic acids is 2. The summed E-state index contributed by atoms with van der Waals surface area (Å²) in [6.45, 7) is 1.32. The van der Waals surface area contributed by atoms with Gasteiger partial charge in [0.15, 0.2) is 11.5 Å². The second-order valence-electron chi connectivity index (χ2n) is 5.46. The summed E-state index contributed by atoms with van der Waals surface area (Å²) in [4.78, 5) is 25.9. The van der Waals surface area contributed by atoms with Crippen molar-refractivity contribution in [3.8, 4) is 5.75 Å². The highest BCUT2D eigenvalue weighted by molar-refractivity contribution is 9.10. The van der Waals surface area contributed by atoms with Crippen LogP contribution in [0.25, 0.3) is 0 Å². The number of benzene rings is 2. The normalized spacial score (nSPS) is 17.5. The Labute approximate surface area is 147 Å². The number of phenolic OH excluding ortho intramolecular Hbond substituents is 1. The fraction of sp³-hybridized carbons (Fsp3) is 0.111. The summed E-state index contributed by atoms with van der Waals surface area (Å²) in [6.07, 6.45) is 0. The SMILES string of the molecule is CC(=O)C1=C(O)C(=O)N(c2ccc(O)cc2)C1c1ccc(Br)cc1. The molecule has 122 valence electrons. The molecule has 0 fully saturated rings. The number of aliphatic hydroxyl groups is 1. The largest absolute Gasteiger partial charge is 0.508 e. The fourth-order valence-corrected chi connectivity index (χ4v) is 3.07. The quantitative estimate of drug-likeness (QED) is 0.842. The summed E-state index contributed by atoms with van der Waals surface area (Å²) >= 11 is 3.35. The van der Waals surface area contributed by atoms with Crippen LogP contribution < -0.4 is 4.90 Å². The smallest absolute Gasteiger partial charge is 0.294 e. The van der Waals surface area contributed by atoms with Gasteiger partial charge in [0.05, 0.1) is 11.6 Å². The minimum Gasteiger partial charge on any atom is -0.508 e. The van der Waals surface area contributed by atoms with Crippen LogP contribution in [0.15, 0.2) is 64.3 Å². The zero-order valence-electron chi connectivity index (χ0n) is 12.7. The molecule has 1 amide bonds. The van der Waals surface area contributed by atoms with E-state index in [9.17, 15) is 19.8 Å². The third kappa shape index (κ3) is 2.69. The monoisotopic (exact) mass is 387 g/mol. The van der Waals surface area contributed by atoms with Gasteiger partial charge in [0.25, 0.3) is 5.91 Å². The summed E-state index contributed by atoms with van der Waals surface area (Å²) in [5, 5.41) is 19.7. The van der Waals surface area contributed by atoms with Crippen molar-refractivity contribution in [2.75, 3.05) is 4.90 Å². The molecule has 0 saturated heterocycles. The van der Waals surface area contributed by atoms with E-state index in [1.54, 1.807) is 24.3 Å². The van der Waals surface area contributed by atoms with E-state index in [-0.39, 0.29) is 17.1 Å². The number of hydrogen-bond acceptors (Lipinski definition) is 4. The number of halogens is 1. The Hall–Kier alpha value is -2.60. The van der Waals surface area contributed by atoms with Crippen LogP contribution in [0, 0.1) is 0 Å². The molecular formula is C18H14BrNO4. The molecule has 2 N–H and O–H groups in total. The summed E-state index contributed by atoms with van der Waals surface area (Å²) in [6, 6.07) is 12.5. The Bertz CT molecular complexity index is 840. The first kappa shape index (κ1) is 16.3. The second-order valence-corrected chi connectivity index (χ2v) is 6.38. The van der Waals surface area contributed by atoms with E-state index < -0.39 is 17.7 Å². The van der Waals surface area contributed by atoms with Crippen molar-refractivity contribution < 1.29 is 19.8 Å². The zero-order chi connectivity index (χ0) is 17.4. The summed E-state index contributed by atoms with van der Waals surface area (Å²) in [7, 11) is 0. The molecule has 1 atom stereocenters. The van der Waals surface area contributed by atoms with Gasteiger partial charge in [-0.3, -0.25) is 14.5 Å². The summed E-state index contributed by atoms with van der Waals surface area (Å²) in [5.41, 5.74) is 1.25. The van der Waals surface area contributed by atoms with Crippen molar-refractivity contribution in [1.29, 1.82) is 0 Å². The molecule has 2 aromatic rings. The van der Waals surface area contributed by atoms with Crippen LogP contribution >= 0.6 is 15.9 Å². The fourth-order valence-electron chi connectivity index (χ4n) is 2.80. The lowest BCUT2D eigenvalue weighted by atomic mass is 9.96. The molecular weight excluding hydrogens is 374 g/mol. The number of hydrogen-bond donors (Lipinski definition) is 2. The van der Waals surface area contributed by atoms with Crippen LogP contribution in [0.5, 0.6) is 5.75 Å². The van der Waals surface area contributed by atoms with E-state index in [2.05, 4.69) is 15.9 Å². The first-order valence-corrected chi connectivity index (χ1v) is 8.01. The van der Waals surface area contributed by atoms with E-state index in [4.69, 9.17) is 0 Å². The Morgan fingerprint density at radius 1 is 1.04 bits per heavy atom. The summed E-state index contributed by atoms with van der Waals surface area (Å²) < 4.78 is 0.865. The maximum atomic E-state index is 12.6. The number of anilines is 1. The third-order valence-corrected chi connectivity index (χ3v) is 4.43. The number of aliphatic hydroxyl groups excluding tert-OH is 1. The lowest BCUT2D eigenvalue weighted by molar-refractivity contribution is -0.117. The molecule has 1 aliphatic heterocycles. The van der Waals surface area contributed by atoms with E-state index in [1.807, 2.05) is 12.1 Å². The van der Waals surface area contributed by atoms with Crippen molar-refractivity contribution in [3.63, 3.8) is 0 Å². The number of phenols is 1. The van der Waals surface area contributed by atoms with Gasteiger partial charge in [-0.05, 0) is 48.9 Å². The van der Waals surface area contributed by atoms with Gasteiger partial charge in [-0.1, -0.05) is 28.1 Å². The van der Waals surface area contributed by atoms with Gasteiger partial charge < -0.3 is 10.2 Å². The number of rotatable bonds is 3. The zero-order valence-corrected chi connectivity index (χ0v) is 14.3. The molecule has 6 heteroatoms. The van der Waals surface area contributed by atoms with Crippen molar-refractivity contribution >= 4 is 33.3 Å². The first-order valence-electron chi connectivity index (χ1n) is 7.22. The lowest BCUT2D eigenvalue weighted by Gasteiger charge is -2.26.